The van der Waals surface area contributed by atoms with Gasteiger partial charge in [0.2, 0.25) is 0 Å². The molecule has 0 aliphatic heterocycles. The Morgan fingerprint density at radius 1 is 1.29 bits per heavy atom. The van der Waals surface area contributed by atoms with E-state index in [0.717, 1.165) is 12.0 Å². The maximum absolute atomic E-state index is 11.7. The van der Waals surface area contributed by atoms with Crippen LogP contribution in [0.5, 0.6) is 0 Å². The zero-order valence-electron chi connectivity index (χ0n) is 17.7. The number of ether oxygens (including phenoxy) is 2. The number of carbonyl (C=O) groups is 2. The number of rotatable bonds is 13. The predicted molar refractivity (Wildman–Crippen MR) is 114 cm³/mol. The molecular weight excluding hydrogens is 376 g/mol. The van der Waals surface area contributed by atoms with Crippen molar-refractivity contribution in [1.82, 2.24) is 0 Å². The topological polar surface area (TPSA) is 72.8 Å². The number of carbonyl (C=O) groups excluding carboxylic acids is 1. The molecule has 1 rings (SSSR count). The van der Waals surface area contributed by atoms with E-state index >= 15 is 0 Å². The minimum Gasteiger partial charge on any atom is -0.481 e. The number of aliphatic carboxylic acids is 1. The van der Waals surface area contributed by atoms with Gasteiger partial charge in [0.15, 0.2) is 0 Å². The highest BCUT2D eigenvalue weighted by Crippen LogP contribution is 2.31. The zero-order chi connectivity index (χ0) is 21.2. The number of hydrogen-bond donors (Lipinski definition) is 1. The Kier molecular flexibility index (Phi) is 10.6. The van der Waals surface area contributed by atoms with E-state index in [4.69, 9.17) is 9.47 Å². The first-order chi connectivity index (χ1) is 13.2. The predicted octanol–water partition coefficient (Wildman–Crippen LogP) is 4.74. The summed E-state index contributed by atoms with van der Waals surface area (Å²) in [5.41, 5.74) is 1.52. The lowest BCUT2D eigenvalue weighted by atomic mass is 9.83. The van der Waals surface area contributed by atoms with Gasteiger partial charge in [-0.2, -0.15) is 11.8 Å². The Morgan fingerprint density at radius 2 is 2.00 bits per heavy atom. The van der Waals surface area contributed by atoms with E-state index < -0.39 is 17.3 Å². The molecule has 3 unspecified atom stereocenters. The third-order valence-corrected chi connectivity index (χ3v) is 6.37. The van der Waals surface area contributed by atoms with E-state index in [0.29, 0.717) is 30.6 Å². The van der Waals surface area contributed by atoms with Gasteiger partial charge >= 0.3 is 11.9 Å². The molecule has 0 aliphatic rings. The number of esters is 1. The van der Waals surface area contributed by atoms with Crippen LogP contribution in [0.1, 0.15) is 57.6 Å². The van der Waals surface area contributed by atoms with E-state index in [1.165, 1.54) is 24.4 Å². The van der Waals surface area contributed by atoms with Crippen molar-refractivity contribution in [1.29, 1.82) is 0 Å². The highest BCUT2D eigenvalue weighted by molar-refractivity contribution is 7.99. The minimum atomic E-state index is -0.969. The third-order valence-electron chi connectivity index (χ3n) is 5.07. The number of methoxy groups -OCH3 is 1. The highest BCUT2D eigenvalue weighted by Gasteiger charge is 2.36. The van der Waals surface area contributed by atoms with Crippen LogP contribution in [-0.4, -0.2) is 42.3 Å². The molecule has 6 heteroatoms. The van der Waals surface area contributed by atoms with Crippen LogP contribution in [0.2, 0.25) is 0 Å². The van der Waals surface area contributed by atoms with Crippen molar-refractivity contribution in [2.24, 2.45) is 11.3 Å². The maximum atomic E-state index is 11.7. The molecule has 1 aromatic carbocycles. The van der Waals surface area contributed by atoms with Gasteiger partial charge in [-0.05, 0) is 36.8 Å². The van der Waals surface area contributed by atoms with Crippen LogP contribution in [0.15, 0.2) is 24.3 Å². The summed E-state index contributed by atoms with van der Waals surface area (Å²) >= 11 is 1.54. The Balaban J connectivity index is 2.40. The number of benzene rings is 1. The van der Waals surface area contributed by atoms with Crippen molar-refractivity contribution in [3.05, 3.63) is 35.4 Å². The summed E-state index contributed by atoms with van der Waals surface area (Å²) in [6.07, 6.45) is 1.36. The minimum absolute atomic E-state index is 0.255. The standard InChI is InChI=1S/C22H34O5S/c1-6-16(2)19-9-7-8-18(12-19)14-27-10-11-28-15-22(4,21(24)25)13-17(3)20(23)26-5/h7-9,12,16-17H,6,10-11,13-15H2,1-5H3,(H,24,25). The van der Waals surface area contributed by atoms with Gasteiger partial charge in [0.1, 0.15) is 0 Å². The molecule has 0 spiro atoms. The van der Waals surface area contributed by atoms with Gasteiger partial charge in [-0.3, -0.25) is 9.59 Å². The smallest absolute Gasteiger partial charge is 0.310 e. The first-order valence-electron chi connectivity index (χ1n) is 9.79. The van der Waals surface area contributed by atoms with Crippen LogP contribution in [0.4, 0.5) is 0 Å². The molecule has 0 aliphatic carbocycles. The molecule has 0 amide bonds. The molecule has 0 saturated carbocycles. The van der Waals surface area contributed by atoms with E-state index in [9.17, 15) is 14.7 Å². The van der Waals surface area contributed by atoms with Crippen LogP contribution >= 0.6 is 11.8 Å². The van der Waals surface area contributed by atoms with Crippen LogP contribution in [0, 0.1) is 11.3 Å². The molecule has 0 heterocycles. The van der Waals surface area contributed by atoms with Crippen LogP contribution < -0.4 is 0 Å². The average Bonchev–Trinajstić information content (AvgIpc) is 2.69. The van der Waals surface area contributed by atoms with Crippen LogP contribution in [0.3, 0.4) is 0 Å². The van der Waals surface area contributed by atoms with Gasteiger partial charge in [0, 0.05) is 11.5 Å². The molecule has 1 N–H and O–H groups in total. The average molecular weight is 411 g/mol. The lowest BCUT2D eigenvalue weighted by Gasteiger charge is -2.26. The van der Waals surface area contributed by atoms with E-state index in [2.05, 4.69) is 38.1 Å². The molecule has 0 fully saturated rings. The van der Waals surface area contributed by atoms with Crippen molar-refractivity contribution in [2.45, 2.75) is 53.1 Å². The SMILES string of the molecule is CCC(C)c1cccc(COCCSCC(C)(CC(C)C(=O)OC)C(=O)O)c1. The normalized spacial score (nSPS) is 15.5. The van der Waals surface area contributed by atoms with Crippen molar-refractivity contribution >= 4 is 23.7 Å². The quantitative estimate of drug-likeness (QED) is 0.374. The van der Waals surface area contributed by atoms with Crippen molar-refractivity contribution in [2.75, 3.05) is 25.2 Å². The summed E-state index contributed by atoms with van der Waals surface area (Å²) in [4.78, 5) is 23.3. The largest absolute Gasteiger partial charge is 0.481 e. The van der Waals surface area contributed by atoms with Crippen LogP contribution in [0.25, 0.3) is 0 Å². The third kappa shape index (κ3) is 7.84. The monoisotopic (exact) mass is 410 g/mol. The highest BCUT2D eigenvalue weighted by atomic mass is 32.2. The first kappa shape index (κ1) is 24.5. The van der Waals surface area contributed by atoms with Gasteiger partial charge in [-0.1, -0.05) is 45.0 Å². The summed E-state index contributed by atoms with van der Waals surface area (Å²) in [7, 11) is 1.32. The number of carboxylic acids is 1. The van der Waals surface area contributed by atoms with Gasteiger partial charge in [-0.15, -0.1) is 0 Å². The van der Waals surface area contributed by atoms with Crippen LogP contribution in [-0.2, 0) is 25.7 Å². The molecule has 158 valence electrons. The molecular formula is C22H34O5S. The summed E-state index contributed by atoms with van der Waals surface area (Å²) in [6.45, 7) is 8.90. The second-order valence-electron chi connectivity index (χ2n) is 7.65. The molecule has 5 nitrogen and oxygen atoms in total. The summed E-state index contributed by atoms with van der Waals surface area (Å²) in [5, 5.41) is 9.58. The second kappa shape index (κ2) is 12.1. The summed E-state index contributed by atoms with van der Waals surface area (Å²) < 4.78 is 10.5. The summed E-state index contributed by atoms with van der Waals surface area (Å²) in [5.74, 6) is -0.0341. The number of hydrogen-bond acceptors (Lipinski definition) is 5. The molecule has 0 bridgehead atoms. The van der Waals surface area contributed by atoms with Gasteiger partial charge in [0.05, 0.1) is 31.7 Å². The Bertz CT molecular complexity index is 633. The maximum Gasteiger partial charge on any atom is 0.310 e. The lowest BCUT2D eigenvalue weighted by Crippen LogP contribution is -2.34. The zero-order valence-corrected chi connectivity index (χ0v) is 18.5. The van der Waals surface area contributed by atoms with Crippen molar-refractivity contribution < 1.29 is 24.2 Å². The fourth-order valence-corrected chi connectivity index (χ4v) is 4.07. The molecule has 0 radical (unpaired) electrons. The van der Waals surface area contributed by atoms with Crippen molar-refractivity contribution in [3.8, 4) is 0 Å². The molecule has 0 aromatic heterocycles. The Morgan fingerprint density at radius 3 is 2.61 bits per heavy atom. The number of carboxylic acid groups (broad SMARTS) is 1. The van der Waals surface area contributed by atoms with Crippen molar-refractivity contribution in [3.63, 3.8) is 0 Å². The van der Waals surface area contributed by atoms with E-state index in [-0.39, 0.29) is 12.4 Å². The summed E-state index contributed by atoms with van der Waals surface area (Å²) in [6, 6.07) is 8.47. The lowest BCUT2D eigenvalue weighted by molar-refractivity contribution is -0.151. The molecule has 0 saturated heterocycles. The second-order valence-corrected chi connectivity index (χ2v) is 8.76. The van der Waals surface area contributed by atoms with E-state index in [1.807, 2.05) is 0 Å². The number of thioether (sulfide) groups is 1. The fraction of sp³-hybridized carbons (Fsp3) is 0.636. The molecule has 3 atom stereocenters. The molecule has 28 heavy (non-hydrogen) atoms. The van der Waals surface area contributed by atoms with Gasteiger partial charge in [-0.25, -0.2) is 0 Å². The molecule has 1 aromatic rings. The van der Waals surface area contributed by atoms with Gasteiger partial charge in [0.25, 0.3) is 0 Å². The Hall–Kier alpha value is -1.53. The Labute approximate surface area is 173 Å². The first-order valence-corrected chi connectivity index (χ1v) is 10.9. The van der Waals surface area contributed by atoms with E-state index in [1.54, 1.807) is 13.8 Å². The fourth-order valence-electron chi connectivity index (χ4n) is 3.00. The van der Waals surface area contributed by atoms with Gasteiger partial charge < -0.3 is 14.6 Å².